The lowest BCUT2D eigenvalue weighted by molar-refractivity contribution is 0.415. The molecule has 1 aromatic heterocycles. The number of aromatic amines is 1. The van der Waals surface area contributed by atoms with Gasteiger partial charge in [-0.25, -0.2) is 0 Å². The third-order valence-electron chi connectivity index (χ3n) is 4.34. The van der Waals surface area contributed by atoms with Crippen molar-refractivity contribution < 1.29 is 4.74 Å². The second kappa shape index (κ2) is 7.11. The molecule has 6 heteroatoms. The fourth-order valence-corrected chi connectivity index (χ4v) is 3.16. The maximum atomic E-state index is 12.5. The Labute approximate surface area is 156 Å². The highest BCUT2D eigenvalue weighted by atomic mass is 35.5. The van der Waals surface area contributed by atoms with Crippen LogP contribution in [0.1, 0.15) is 29.7 Å². The van der Waals surface area contributed by atoms with Gasteiger partial charge in [-0.05, 0) is 49.7 Å². The number of aryl methyl sites for hydroxylation is 1. The molecule has 2 aromatic carbocycles. The fourth-order valence-electron chi connectivity index (χ4n) is 2.91. The third kappa shape index (κ3) is 3.37. The first-order chi connectivity index (χ1) is 12.4. The number of pyridine rings is 1. The summed E-state index contributed by atoms with van der Waals surface area (Å²) in [6.07, 6.45) is 0. The molecule has 0 amide bonds. The van der Waals surface area contributed by atoms with E-state index >= 15 is 0 Å². The molecule has 5 nitrogen and oxygen atoms in total. The van der Waals surface area contributed by atoms with E-state index in [2.05, 4.69) is 16.4 Å². The van der Waals surface area contributed by atoms with Gasteiger partial charge in [-0.3, -0.25) is 4.79 Å². The Kier molecular flexibility index (Phi) is 4.88. The minimum atomic E-state index is -0.226. The lowest BCUT2D eigenvalue weighted by Gasteiger charge is -2.16. The van der Waals surface area contributed by atoms with Gasteiger partial charge in [0, 0.05) is 22.7 Å². The van der Waals surface area contributed by atoms with Gasteiger partial charge in [0.15, 0.2) is 0 Å². The fraction of sp³-hybridized carbons (Fsp3) is 0.200. The molecule has 0 aliphatic rings. The number of halogens is 1. The summed E-state index contributed by atoms with van der Waals surface area (Å²) in [5.74, 6) is 0.516. The van der Waals surface area contributed by atoms with E-state index in [1.165, 1.54) is 7.11 Å². The third-order valence-corrected chi connectivity index (χ3v) is 4.64. The van der Waals surface area contributed by atoms with E-state index in [9.17, 15) is 4.79 Å². The van der Waals surface area contributed by atoms with Crippen LogP contribution in [0.25, 0.3) is 10.9 Å². The average molecular weight is 368 g/mol. The number of fused-ring (bicyclic) bond motifs is 1. The van der Waals surface area contributed by atoms with E-state index in [4.69, 9.17) is 21.6 Å². The molecular formula is C20H18ClN3O2. The van der Waals surface area contributed by atoms with Crippen molar-refractivity contribution in [3.8, 4) is 11.8 Å². The van der Waals surface area contributed by atoms with Gasteiger partial charge in [-0.2, -0.15) is 5.26 Å². The maximum Gasteiger partial charge on any atom is 0.253 e. The molecule has 0 aliphatic heterocycles. The molecule has 132 valence electrons. The molecule has 0 radical (unpaired) electrons. The second-order valence-corrected chi connectivity index (χ2v) is 6.54. The van der Waals surface area contributed by atoms with Crippen LogP contribution >= 0.6 is 11.6 Å². The van der Waals surface area contributed by atoms with Crippen LogP contribution in [0.3, 0.4) is 0 Å². The topological polar surface area (TPSA) is 77.9 Å². The Morgan fingerprint density at radius 2 is 2.04 bits per heavy atom. The number of aromatic nitrogens is 1. The quantitative estimate of drug-likeness (QED) is 0.709. The second-order valence-electron chi connectivity index (χ2n) is 6.14. The summed E-state index contributed by atoms with van der Waals surface area (Å²) in [4.78, 5) is 15.4. The van der Waals surface area contributed by atoms with Crippen molar-refractivity contribution >= 4 is 28.2 Å². The van der Waals surface area contributed by atoms with Crippen LogP contribution in [0.5, 0.6) is 5.75 Å². The Morgan fingerprint density at radius 3 is 2.69 bits per heavy atom. The summed E-state index contributed by atoms with van der Waals surface area (Å²) < 4.78 is 5.19. The van der Waals surface area contributed by atoms with Crippen LogP contribution < -0.4 is 15.6 Å². The van der Waals surface area contributed by atoms with Crippen LogP contribution in [0.4, 0.5) is 5.69 Å². The number of ether oxygens (including phenoxy) is 1. The lowest BCUT2D eigenvalue weighted by Crippen LogP contribution is -2.19. The highest BCUT2D eigenvalue weighted by molar-refractivity contribution is 6.32. The first-order valence-electron chi connectivity index (χ1n) is 8.10. The largest absolute Gasteiger partial charge is 0.495 e. The van der Waals surface area contributed by atoms with Gasteiger partial charge in [0.25, 0.3) is 5.56 Å². The molecule has 3 aromatic rings. The predicted molar refractivity (Wildman–Crippen MR) is 104 cm³/mol. The molecule has 1 unspecified atom stereocenters. The lowest BCUT2D eigenvalue weighted by atomic mass is 10.1. The summed E-state index contributed by atoms with van der Waals surface area (Å²) in [6.45, 7) is 3.79. The summed E-state index contributed by atoms with van der Waals surface area (Å²) in [5.41, 5.74) is 3.46. The molecule has 0 fully saturated rings. The molecule has 1 heterocycles. The smallest absolute Gasteiger partial charge is 0.253 e. The normalized spacial score (nSPS) is 11.8. The van der Waals surface area contributed by atoms with Crippen LogP contribution in [-0.4, -0.2) is 12.1 Å². The molecule has 3 rings (SSSR count). The van der Waals surface area contributed by atoms with Gasteiger partial charge >= 0.3 is 0 Å². The first-order valence-corrected chi connectivity index (χ1v) is 8.48. The number of hydrogen-bond donors (Lipinski definition) is 2. The van der Waals surface area contributed by atoms with Crippen LogP contribution in [0.2, 0.25) is 5.02 Å². The minimum Gasteiger partial charge on any atom is -0.495 e. The Bertz CT molecular complexity index is 1080. The Hall–Kier alpha value is -2.97. The maximum absolute atomic E-state index is 12.5. The molecule has 0 spiro atoms. The number of methoxy groups -OCH3 is 1. The zero-order valence-electron chi connectivity index (χ0n) is 14.7. The monoisotopic (exact) mass is 367 g/mol. The molecule has 0 bridgehead atoms. The van der Waals surface area contributed by atoms with E-state index in [1.54, 1.807) is 18.2 Å². The van der Waals surface area contributed by atoms with Crippen molar-refractivity contribution in [3.63, 3.8) is 0 Å². The summed E-state index contributed by atoms with van der Waals surface area (Å²) in [7, 11) is 1.53. The minimum absolute atomic E-state index is 0.174. The van der Waals surface area contributed by atoms with Crippen molar-refractivity contribution in [2.24, 2.45) is 0 Å². The van der Waals surface area contributed by atoms with Gasteiger partial charge in [0.1, 0.15) is 5.75 Å². The average Bonchev–Trinajstić information content (AvgIpc) is 2.61. The van der Waals surface area contributed by atoms with E-state index in [0.29, 0.717) is 27.4 Å². The summed E-state index contributed by atoms with van der Waals surface area (Å²) >= 11 is 6.19. The molecule has 0 aliphatic carbocycles. The zero-order valence-corrected chi connectivity index (χ0v) is 15.4. The molecule has 26 heavy (non-hydrogen) atoms. The summed E-state index contributed by atoms with van der Waals surface area (Å²) in [5, 5.41) is 13.7. The number of benzene rings is 2. The molecular weight excluding hydrogens is 350 g/mol. The SMILES string of the molecule is COc1cc2[nH]c(=O)c(C(C)Nc3ccc(C#N)c(C)c3)cc2cc1Cl. The number of H-pyrrole nitrogens is 1. The van der Waals surface area contributed by atoms with Gasteiger partial charge < -0.3 is 15.0 Å². The number of rotatable bonds is 4. The van der Waals surface area contributed by atoms with Gasteiger partial charge in [0.2, 0.25) is 0 Å². The van der Waals surface area contributed by atoms with Crippen molar-refractivity contribution in [1.29, 1.82) is 5.26 Å². The van der Waals surface area contributed by atoms with E-state index in [-0.39, 0.29) is 11.6 Å². The van der Waals surface area contributed by atoms with E-state index in [1.807, 2.05) is 32.0 Å². The number of nitrogens with zero attached hydrogens (tertiary/aromatic N) is 1. The highest BCUT2D eigenvalue weighted by Gasteiger charge is 2.13. The van der Waals surface area contributed by atoms with Gasteiger partial charge in [0.05, 0.1) is 35.3 Å². The molecule has 2 N–H and O–H groups in total. The zero-order chi connectivity index (χ0) is 18.8. The molecule has 0 saturated carbocycles. The van der Waals surface area contributed by atoms with Crippen molar-refractivity contribution in [2.75, 3.05) is 12.4 Å². The number of nitriles is 1. The van der Waals surface area contributed by atoms with Crippen molar-refractivity contribution in [1.82, 2.24) is 4.98 Å². The number of anilines is 1. The summed E-state index contributed by atoms with van der Waals surface area (Å²) in [6, 6.07) is 12.7. The number of nitrogens with one attached hydrogen (secondary N) is 2. The van der Waals surface area contributed by atoms with Crippen molar-refractivity contribution in [2.45, 2.75) is 19.9 Å². The van der Waals surface area contributed by atoms with E-state index < -0.39 is 0 Å². The van der Waals surface area contributed by atoms with Crippen LogP contribution in [-0.2, 0) is 0 Å². The van der Waals surface area contributed by atoms with Gasteiger partial charge in [-0.1, -0.05) is 11.6 Å². The van der Waals surface area contributed by atoms with Gasteiger partial charge in [-0.15, -0.1) is 0 Å². The predicted octanol–water partition coefficient (Wildman–Crippen LogP) is 4.54. The molecule has 0 saturated heterocycles. The Morgan fingerprint density at radius 1 is 1.27 bits per heavy atom. The first kappa shape index (κ1) is 17.8. The highest BCUT2D eigenvalue weighted by Crippen LogP contribution is 2.29. The standard InChI is InChI=1S/C20H18ClN3O2/c1-11-6-15(5-4-13(11)10-22)23-12(2)16-7-14-8-17(21)19(26-3)9-18(14)24-20(16)25/h4-9,12,23H,1-3H3,(H,24,25). The Balaban J connectivity index is 1.96. The van der Waals surface area contributed by atoms with Crippen LogP contribution in [0, 0.1) is 18.3 Å². The van der Waals surface area contributed by atoms with Crippen molar-refractivity contribution in [3.05, 3.63) is 68.5 Å². The number of hydrogen-bond acceptors (Lipinski definition) is 4. The van der Waals surface area contributed by atoms with Crippen LogP contribution in [0.15, 0.2) is 41.2 Å². The molecule has 1 atom stereocenters. The van der Waals surface area contributed by atoms with E-state index in [0.717, 1.165) is 16.6 Å².